The number of halogens is 1. The predicted octanol–water partition coefficient (Wildman–Crippen LogP) is 2.74. The van der Waals surface area contributed by atoms with E-state index >= 15 is 0 Å². The fourth-order valence-electron chi connectivity index (χ4n) is 2.38. The van der Waals surface area contributed by atoms with Crippen LogP contribution in [0.15, 0.2) is 48.5 Å². The number of aromatic nitrogens is 1. The number of fused-ring (bicyclic) bond motifs is 1. The molecule has 1 heterocycles. The molecular formula is C18H19ClN3OS+. The van der Waals surface area contributed by atoms with Gasteiger partial charge in [-0.2, -0.15) is 0 Å². The first-order chi connectivity index (χ1) is 11.6. The van der Waals surface area contributed by atoms with Gasteiger partial charge in [0.15, 0.2) is 5.13 Å². The highest BCUT2D eigenvalue weighted by atomic mass is 35.5. The Morgan fingerprint density at radius 3 is 2.58 bits per heavy atom. The largest absolute Gasteiger partial charge is 0.338 e. The molecule has 3 rings (SSSR count). The molecule has 0 aliphatic carbocycles. The average Bonchev–Trinajstić information content (AvgIpc) is 2.98. The Hall–Kier alpha value is -1.95. The quantitative estimate of drug-likeness (QED) is 0.759. The molecule has 124 valence electrons. The van der Waals surface area contributed by atoms with Crippen LogP contribution in [0.2, 0.25) is 5.02 Å². The number of hydrogen-bond donors (Lipinski definition) is 1. The number of carbonyl (C=O) groups is 1. The van der Waals surface area contributed by atoms with E-state index in [1.807, 2.05) is 36.4 Å². The Kier molecular flexibility index (Phi) is 5.14. The van der Waals surface area contributed by atoms with E-state index < -0.39 is 0 Å². The third kappa shape index (κ3) is 3.59. The molecule has 0 radical (unpaired) electrons. The monoisotopic (exact) mass is 360 g/mol. The Bertz CT molecular complexity index is 829. The van der Waals surface area contributed by atoms with E-state index in [4.69, 9.17) is 11.6 Å². The van der Waals surface area contributed by atoms with Gasteiger partial charge in [-0.25, -0.2) is 4.98 Å². The first-order valence-corrected chi connectivity index (χ1v) is 8.96. The highest BCUT2D eigenvalue weighted by Crippen LogP contribution is 2.30. The lowest BCUT2D eigenvalue weighted by molar-refractivity contribution is -0.856. The zero-order valence-electron chi connectivity index (χ0n) is 13.6. The number of carbonyl (C=O) groups excluding carboxylic acids is 1. The normalized spacial score (nSPS) is 11.2. The van der Waals surface area contributed by atoms with E-state index in [2.05, 4.69) is 19.1 Å². The van der Waals surface area contributed by atoms with Gasteiger partial charge in [0.2, 0.25) is 0 Å². The Morgan fingerprint density at radius 1 is 1.17 bits per heavy atom. The number of anilines is 1. The lowest BCUT2D eigenvalue weighted by atomic mass is 10.2. The third-order valence-corrected chi connectivity index (χ3v) is 5.09. The molecule has 24 heavy (non-hydrogen) atoms. The minimum Gasteiger partial charge on any atom is -0.338 e. The Morgan fingerprint density at radius 2 is 1.88 bits per heavy atom. The van der Waals surface area contributed by atoms with Crippen LogP contribution in [0, 0.1) is 0 Å². The molecule has 0 saturated heterocycles. The smallest absolute Gasteiger partial charge is 0.261 e. The van der Waals surface area contributed by atoms with Crippen LogP contribution in [0.25, 0.3) is 10.2 Å². The van der Waals surface area contributed by atoms with Crippen LogP contribution in [0.1, 0.15) is 10.4 Å². The van der Waals surface area contributed by atoms with Crippen LogP contribution in [-0.2, 0) is 0 Å². The second kappa shape index (κ2) is 7.30. The number of nitrogens with one attached hydrogen (secondary N) is 1. The zero-order valence-corrected chi connectivity index (χ0v) is 15.2. The van der Waals surface area contributed by atoms with Gasteiger partial charge in [-0.05, 0) is 24.3 Å². The van der Waals surface area contributed by atoms with Gasteiger partial charge >= 0.3 is 0 Å². The van der Waals surface area contributed by atoms with Crippen molar-refractivity contribution < 1.29 is 9.69 Å². The topological polar surface area (TPSA) is 37.6 Å². The van der Waals surface area contributed by atoms with Gasteiger partial charge in [0.05, 0.1) is 48.0 Å². The van der Waals surface area contributed by atoms with E-state index in [0.29, 0.717) is 22.3 Å². The molecule has 4 nitrogen and oxygen atoms in total. The molecule has 2 aromatic carbocycles. The lowest BCUT2D eigenvalue weighted by Gasteiger charge is -2.21. The minimum absolute atomic E-state index is 0.110. The van der Waals surface area contributed by atoms with Crippen molar-refractivity contribution >= 4 is 44.2 Å². The summed E-state index contributed by atoms with van der Waals surface area (Å²) in [7, 11) is 4.13. The Balaban J connectivity index is 1.99. The lowest BCUT2D eigenvalue weighted by Crippen LogP contribution is -3.06. The number of nitrogens with zero attached hydrogens (tertiary/aromatic N) is 2. The number of rotatable bonds is 5. The molecule has 0 saturated carbocycles. The highest BCUT2D eigenvalue weighted by molar-refractivity contribution is 7.22. The fraction of sp³-hybridized carbons (Fsp3) is 0.222. The van der Waals surface area contributed by atoms with Crippen LogP contribution in [-0.4, -0.2) is 38.1 Å². The van der Waals surface area contributed by atoms with E-state index in [0.717, 1.165) is 16.8 Å². The molecule has 0 atom stereocenters. The molecular weight excluding hydrogens is 342 g/mol. The number of likely N-dealkylation sites (N-methyl/N-ethyl adjacent to an activating group) is 1. The fourth-order valence-corrected chi connectivity index (χ4v) is 3.58. The standard InChI is InChI=1S/C18H18ClN3OS/c1-21(2)11-12-22(17(23)13-7-3-4-8-14(13)19)18-20-15-9-5-6-10-16(15)24-18/h3-10H,11-12H2,1-2H3/p+1. The molecule has 0 aliphatic heterocycles. The summed E-state index contributed by atoms with van der Waals surface area (Å²) in [5.41, 5.74) is 1.42. The van der Waals surface area contributed by atoms with Crippen molar-refractivity contribution in [1.82, 2.24) is 4.98 Å². The first kappa shape index (κ1) is 16.9. The second-order valence-electron chi connectivity index (χ2n) is 5.86. The van der Waals surface area contributed by atoms with Gasteiger partial charge in [0.1, 0.15) is 0 Å². The number of hydrogen-bond acceptors (Lipinski definition) is 3. The van der Waals surface area contributed by atoms with E-state index in [9.17, 15) is 4.79 Å². The molecule has 3 aromatic rings. The van der Waals surface area contributed by atoms with Crippen LogP contribution in [0.3, 0.4) is 0 Å². The molecule has 0 bridgehead atoms. The first-order valence-electron chi connectivity index (χ1n) is 7.77. The number of amides is 1. The van der Waals surface area contributed by atoms with Gasteiger partial charge in [-0.15, -0.1) is 0 Å². The number of quaternary nitrogens is 1. The number of thiazole rings is 1. The molecule has 1 N–H and O–H groups in total. The number of para-hydroxylation sites is 1. The maximum Gasteiger partial charge on any atom is 0.261 e. The number of benzene rings is 2. The summed E-state index contributed by atoms with van der Waals surface area (Å²) in [4.78, 5) is 20.7. The summed E-state index contributed by atoms with van der Waals surface area (Å²) in [6.07, 6.45) is 0. The second-order valence-corrected chi connectivity index (χ2v) is 7.27. The SMILES string of the molecule is C[NH+](C)CCN(C(=O)c1ccccc1Cl)c1nc2ccccc2s1. The maximum absolute atomic E-state index is 13.1. The third-order valence-electron chi connectivity index (χ3n) is 3.70. The molecule has 1 amide bonds. The van der Waals surface area contributed by atoms with Gasteiger partial charge in [0, 0.05) is 0 Å². The van der Waals surface area contributed by atoms with Crippen molar-refractivity contribution in [1.29, 1.82) is 0 Å². The van der Waals surface area contributed by atoms with Crippen molar-refractivity contribution in [2.24, 2.45) is 0 Å². The van der Waals surface area contributed by atoms with Crippen molar-refractivity contribution in [3.8, 4) is 0 Å². The molecule has 0 aliphatic rings. The van der Waals surface area contributed by atoms with Crippen LogP contribution >= 0.6 is 22.9 Å². The summed E-state index contributed by atoms with van der Waals surface area (Å²) in [6.45, 7) is 1.42. The molecule has 6 heteroatoms. The summed E-state index contributed by atoms with van der Waals surface area (Å²) in [5.74, 6) is -0.110. The summed E-state index contributed by atoms with van der Waals surface area (Å²) >= 11 is 7.75. The van der Waals surface area contributed by atoms with E-state index in [1.54, 1.807) is 17.0 Å². The zero-order chi connectivity index (χ0) is 17.1. The van der Waals surface area contributed by atoms with E-state index in [-0.39, 0.29) is 5.91 Å². The van der Waals surface area contributed by atoms with E-state index in [1.165, 1.54) is 16.2 Å². The van der Waals surface area contributed by atoms with Gasteiger partial charge in [-0.1, -0.05) is 47.2 Å². The molecule has 0 fully saturated rings. The summed E-state index contributed by atoms with van der Waals surface area (Å²) < 4.78 is 1.07. The highest BCUT2D eigenvalue weighted by Gasteiger charge is 2.23. The Labute approximate surface area is 150 Å². The van der Waals surface area contributed by atoms with Crippen LogP contribution in [0.5, 0.6) is 0 Å². The van der Waals surface area contributed by atoms with Crippen LogP contribution in [0.4, 0.5) is 5.13 Å². The maximum atomic E-state index is 13.1. The average molecular weight is 361 g/mol. The molecule has 0 spiro atoms. The predicted molar refractivity (Wildman–Crippen MR) is 100 cm³/mol. The minimum atomic E-state index is -0.110. The van der Waals surface area contributed by atoms with Crippen molar-refractivity contribution in [3.05, 3.63) is 59.1 Å². The molecule has 1 aromatic heterocycles. The van der Waals surface area contributed by atoms with Gasteiger partial charge in [0.25, 0.3) is 5.91 Å². The van der Waals surface area contributed by atoms with Crippen molar-refractivity contribution in [2.45, 2.75) is 0 Å². The van der Waals surface area contributed by atoms with Crippen molar-refractivity contribution in [3.63, 3.8) is 0 Å². The van der Waals surface area contributed by atoms with Crippen molar-refractivity contribution in [2.75, 3.05) is 32.1 Å². The summed E-state index contributed by atoms with van der Waals surface area (Å²) in [5, 5.41) is 1.17. The van der Waals surface area contributed by atoms with Gasteiger partial charge < -0.3 is 4.90 Å². The summed E-state index contributed by atoms with van der Waals surface area (Å²) in [6, 6.07) is 15.1. The molecule has 0 unspecified atom stereocenters. The van der Waals surface area contributed by atoms with Gasteiger partial charge in [-0.3, -0.25) is 9.69 Å². The van der Waals surface area contributed by atoms with Crippen LogP contribution < -0.4 is 9.80 Å².